The highest BCUT2D eigenvalue weighted by molar-refractivity contribution is 5.93. The maximum Gasteiger partial charge on any atom is 0.241 e. The van der Waals surface area contributed by atoms with Gasteiger partial charge in [-0.05, 0) is 25.0 Å². The van der Waals surface area contributed by atoms with Crippen molar-refractivity contribution in [2.45, 2.75) is 18.9 Å². The van der Waals surface area contributed by atoms with Crippen LogP contribution in [-0.4, -0.2) is 30.5 Å². The molecular weight excluding hydrogens is 190 g/mol. The van der Waals surface area contributed by atoms with Crippen molar-refractivity contribution in [2.24, 2.45) is 0 Å². The minimum absolute atomic E-state index is 0.0561. The molecule has 0 saturated heterocycles. The van der Waals surface area contributed by atoms with E-state index in [1.165, 1.54) is 12.8 Å². The molecule has 1 aliphatic carbocycles. The Balaban J connectivity index is 1.88. The zero-order chi connectivity index (χ0) is 10.7. The molecule has 1 heterocycles. The third-order valence-corrected chi connectivity index (χ3v) is 2.49. The Kier molecular flexibility index (Phi) is 2.97. The third-order valence-electron chi connectivity index (χ3n) is 2.49. The zero-order valence-electron chi connectivity index (χ0n) is 8.81. The molecule has 0 spiro atoms. The number of pyridine rings is 1. The second kappa shape index (κ2) is 4.40. The van der Waals surface area contributed by atoms with Crippen LogP contribution in [0.2, 0.25) is 0 Å². The first-order chi connectivity index (χ1) is 7.27. The molecule has 0 atom stereocenters. The Morgan fingerprint density at radius 2 is 2.40 bits per heavy atom. The molecule has 1 N–H and O–H groups in total. The van der Waals surface area contributed by atoms with Crippen LogP contribution in [0.15, 0.2) is 24.4 Å². The van der Waals surface area contributed by atoms with E-state index in [-0.39, 0.29) is 5.91 Å². The van der Waals surface area contributed by atoms with E-state index in [2.05, 4.69) is 10.3 Å². The summed E-state index contributed by atoms with van der Waals surface area (Å²) < 4.78 is 0. The van der Waals surface area contributed by atoms with Crippen LogP contribution in [0.3, 0.4) is 0 Å². The van der Waals surface area contributed by atoms with Gasteiger partial charge in [0.1, 0.15) is 5.82 Å². The number of likely N-dealkylation sites (N-methyl/N-ethyl adjacent to an activating group) is 1. The van der Waals surface area contributed by atoms with Crippen molar-refractivity contribution in [1.82, 2.24) is 10.3 Å². The number of rotatable bonds is 4. The smallest absolute Gasteiger partial charge is 0.241 e. The van der Waals surface area contributed by atoms with Gasteiger partial charge in [0.25, 0.3) is 0 Å². The average molecular weight is 205 g/mol. The summed E-state index contributed by atoms with van der Waals surface area (Å²) in [6, 6.07) is 6.10. The Morgan fingerprint density at radius 3 is 3.00 bits per heavy atom. The van der Waals surface area contributed by atoms with Crippen LogP contribution in [0, 0.1) is 0 Å². The minimum atomic E-state index is 0.0561. The summed E-state index contributed by atoms with van der Waals surface area (Å²) in [4.78, 5) is 17.4. The molecule has 4 heteroatoms. The van der Waals surface area contributed by atoms with Crippen molar-refractivity contribution >= 4 is 11.7 Å². The predicted molar refractivity (Wildman–Crippen MR) is 58.7 cm³/mol. The molecule has 0 radical (unpaired) electrons. The van der Waals surface area contributed by atoms with E-state index < -0.39 is 0 Å². The lowest BCUT2D eigenvalue weighted by Crippen LogP contribution is -2.36. The molecule has 1 aromatic heterocycles. The molecule has 0 aromatic carbocycles. The Morgan fingerprint density at radius 1 is 1.60 bits per heavy atom. The summed E-state index contributed by atoms with van der Waals surface area (Å²) in [6.07, 6.45) is 4.08. The van der Waals surface area contributed by atoms with Crippen molar-refractivity contribution in [1.29, 1.82) is 0 Å². The van der Waals surface area contributed by atoms with Gasteiger partial charge < -0.3 is 5.32 Å². The predicted octanol–water partition coefficient (Wildman–Crippen LogP) is 0.796. The highest BCUT2D eigenvalue weighted by Crippen LogP contribution is 2.18. The lowest BCUT2D eigenvalue weighted by atomic mass is 10.4. The molecule has 1 amide bonds. The van der Waals surface area contributed by atoms with E-state index >= 15 is 0 Å². The van der Waals surface area contributed by atoms with Gasteiger partial charge in [-0.3, -0.25) is 9.69 Å². The first-order valence-electron chi connectivity index (χ1n) is 5.18. The van der Waals surface area contributed by atoms with Crippen LogP contribution < -0.4 is 10.2 Å². The lowest BCUT2D eigenvalue weighted by molar-refractivity contribution is -0.117. The maximum absolute atomic E-state index is 11.7. The van der Waals surface area contributed by atoms with Gasteiger partial charge in [0, 0.05) is 19.3 Å². The van der Waals surface area contributed by atoms with Gasteiger partial charge in [0.2, 0.25) is 5.91 Å². The van der Waals surface area contributed by atoms with Gasteiger partial charge >= 0.3 is 0 Å². The van der Waals surface area contributed by atoms with Crippen molar-refractivity contribution in [3.8, 4) is 0 Å². The summed E-state index contributed by atoms with van der Waals surface area (Å²) in [5.74, 6) is 0.751. The molecule has 0 aliphatic heterocycles. The molecule has 1 fully saturated rings. The van der Waals surface area contributed by atoms with Gasteiger partial charge in [-0.1, -0.05) is 6.07 Å². The number of aromatic nitrogens is 1. The number of carbonyl (C=O) groups is 1. The van der Waals surface area contributed by atoms with E-state index in [9.17, 15) is 4.79 Å². The molecule has 1 aliphatic rings. The second-order valence-electron chi connectivity index (χ2n) is 3.80. The first kappa shape index (κ1) is 10.1. The summed E-state index contributed by atoms with van der Waals surface area (Å²) in [6.45, 7) is 0.401. The molecule has 1 aromatic rings. The monoisotopic (exact) mass is 205 g/mol. The SMILES string of the molecule is CN(C(=O)CNC1CC1)c1ccccn1. The molecule has 1 saturated carbocycles. The molecule has 0 bridgehead atoms. The highest BCUT2D eigenvalue weighted by atomic mass is 16.2. The molecule has 2 rings (SSSR count). The third kappa shape index (κ3) is 2.76. The number of carbonyl (C=O) groups excluding carboxylic acids is 1. The molecule has 15 heavy (non-hydrogen) atoms. The molecular formula is C11H15N3O. The van der Waals surface area contributed by atoms with Gasteiger partial charge in [-0.25, -0.2) is 4.98 Å². The molecule has 80 valence electrons. The van der Waals surface area contributed by atoms with E-state index in [1.807, 2.05) is 18.2 Å². The summed E-state index contributed by atoms with van der Waals surface area (Å²) in [5.41, 5.74) is 0. The number of hydrogen-bond donors (Lipinski definition) is 1. The lowest BCUT2D eigenvalue weighted by Gasteiger charge is -2.16. The van der Waals surface area contributed by atoms with Crippen LogP contribution >= 0.6 is 0 Å². The normalized spacial score (nSPS) is 15.0. The fourth-order valence-corrected chi connectivity index (χ4v) is 1.32. The topological polar surface area (TPSA) is 45.2 Å². The summed E-state index contributed by atoms with van der Waals surface area (Å²) >= 11 is 0. The van der Waals surface area contributed by atoms with Crippen molar-refractivity contribution < 1.29 is 4.79 Å². The quantitative estimate of drug-likeness (QED) is 0.790. The number of hydrogen-bond acceptors (Lipinski definition) is 3. The first-order valence-corrected chi connectivity index (χ1v) is 5.18. The number of nitrogens with one attached hydrogen (secondary N) is 1. The maximum atomic E-state index is 11.7. The van der Waals surface area contributed by atoms with E-state index in [0.29, 0.717) is 18.4 Å². The number of nitrogens with zero attached hydrogens (tertiary/aromatic N) is 2. The largest absolute Gasteiger partial charge is 0.306 e. The fourth-order valence-electron chi connectivity index (χ4n) is 1.32. The number of amides is 1. The van der Waals surface area contributed by atoms with Crippen LogP contribution in [0.5, 0.6) is 0 Å². The van der Waals surface area contributed by atoms with E-state index in [4.69, 9.17) is 0 Å². The Labute approximate surface area is 89.3 Å². The second-order valence-corrected chi connectivity index (χ2v) is 3.80. The summed E-state index contributed by atoms with van der Waals surface area (Å²) in [7, 11) is 1.75. The Hall–Kier alpha value is -1.42. The van der Waals surface area contributed by atoms with Crippen LogP contribution in [0.25, 0.3) is 0 Å². The van der Waals surface area contributed by atoms with Crippen molar-refractivity contribution in [3.05, 3.63) is 24.4 Å². The van der Waals surface area contributed by atoms with Crippen LogP contribution in [-0.2, 0) is 4.79 Å². The standard InChI is InChI=1S/C11H15N3O/c1-14(10-4-2-3-7-12-10)11(15)8-13-9-5-6-9/h2-4,7,9,13H,5-6,8H2,1H3. The summed E-state index contributed by atoms with van der Waals surface area (Å²) in [5, 5.41) is 3.19. The van der Waals surface area contributed by atoms with E-state index in [0.717, 1.165) is 0 Å². The Bertz CT molecular complexity index is 335. The van der Waals surface area contributed by atoms with E-state index in [1.54, 1.807) is 18.1 Å². The van der Waals surface area contributed by atoms with Gasteiger partial charge in [0.15, 0.2) is 0 Å². The highest BCUT2D eigenvalue weighted by Gasteiger charge is 2.22. The minimum Gasteiger partial charge on any atom is -0.306 e. The molecule has 0 unspecified atom stereocenters. The van der Waals surface area contributed by atoms with Gasteiger partial charge in [0.05, 0.1) is 6.54 Å². The van der Waals surface area contributed by atoms with Crippen molar-refractivity contribution in [3.63, 3.8) is 0 Å². The van der Waals surface area contributed by atoms with Crippen LogP contribution in [0.1, 0.15) is 12.8 Å². The molecule has 4 nitrogen and oxygen atoms in total. The number of anilines is 1. The zero-order valence-corrected chi connectivity index (χ0v) is 8.81. The average Bonchev–Trinajstić information content (AvgIpc) is 3.10. The van der Waals surface area contributed by atoms with Crippen LogP contribution in [0.4, 0.5) is 5.82 Å². The van der Waals surface area contributed by atoms with Gasteiger partial charge in [-0.15, -0.1) is 0 Å². The van der Waals surface area contributed by atoms with Crippen molar-refractivity contribution in [2.75, 3.05) is 18.5 Å². The fraction of sp³-hybridized carbons (Fsp3) is 0.455. The van der Waals surface area contributed by atoms with Gasteiger partial charge in [-0.2, -0.15) is 0 Å².